The van der Waals surface area contributed by atoms with Crippen molar-refractivity contribution in [1.82, 2.24) is 9.78 Å². The number of aromatic nitrogens is 2. The van der Waals surface area contributed by atoms with E-state index in [9.17, 15) is 5.11 Å². The number of methoxy groups -OCH3 is 1. The molecule has 1 fully saturated rings. The predicted molar refractivity (Wildman–Crippen MR) is 75.3 cm³/mol. The van der Waals surface area contributed by atoms with Gasteiger partial charge in [-0.1, -0.05) is 19.8 Å². The van der Waals surface area contributed by atoms with E-state index < -0.39 is 6.10 Å². The summed E-state index contributed by atoms with van der Waals surface area (Å²) in [7, 11) is 1.64. The van der Waals surface area contributed by atoms with E-state index in [-0.39, 0.29) is 11.5 Å². The Bertz CT molecular complexity index is 420. The molecule has 1 N–H and O–H groups in total. The van der Waals surface area contributed by atoms with E-state index >= 15 is 0 Å². The van der Waals surface area contributed by atoms with Crippen LogP contribution in [0.25, 0.3) is 0 Å². The number of ether oxygens (including phenoxy) is 1. The Kier molecular flexibility index (Phi) is 4.19. The molecule has 1 aromatic rings. The number of hydrogen-bond donors (Lipinski definition) is 1. The average molecular weight is 266 g/mol. The van der Waals surface area contributed by atoms with Crippen LogP contribution in [0, 0.1) is 5.41 Å². The summed E-state index contributed by atoms with van der Waals surface area (Å²) in [5.41, 5.74) is 0.848. The molecule has 0 amide bonds. The highest BCUT2D eigenvalue weighted by atomic mass is 16.5. The van der Waals surface area contributed by atoms with Crippen LogP contribution in [-0.4, -0.2) is 22.0 Å². The molecular weight excluding hydrogens is 240 g/mol. The van der Waals surface area contributed by atoms with Gasteiger partial charge in [0, 0.05) is 11.5 Å². The quantitative estimate of drug-likeness (QED) is 0.887. The van der Waals surface area contributed by atoms with Gasteiger partial charge in [0.25, 0.3) is 0 Å². The molecule has 1 aliphatic carbocycles. The molecule has 0 spiro atoms. The number of hydrogen-bond acceptors (Lipinski definition) is 3. The summed E-state index contributed by atoms with van der Waals surface area (Å²) < 4.78 is 7.31. The van der Waals surface area contributed by atoms with Crippen LogP contribution in [0.3, 0.4) is 0 Å². The number of nitrogens with zero attached hydrogens (tertiary/aromatic N) is 2. The molecule has 0 bridgehead atoms. The van der Waals surface area contributed by atoms with E-state index in [2.05, 4.69) is 25.9 Å². The summed E-state index contributed by atoms with van der Waals surface area (Å²) in [5, 5.41) is 15.3. The van der Waals surface area contributed by atoms with Crippen LogP contribution in [-0.2, 0) is 0 Å². The van der Waals surface area contributed by atoms with Gasteiger partial charge in [0.2, 0.25) is 0 Å². The van der Waals surface area contributed by atoms with Gasteiger partial charge in [0.05, 0.1) is 13.3 Å². The lowest BCUT2D eigenvalue weighted by molar-refractivity contribution is 0.0145. The molecule has 0 saturated heterocycles. The second-order valence-corrected chi connectivity index (χ2v) is 5.96. The van der Waals surface area contributed by atoms with Crippen molar-refractivity contribution >= 4 is 0 Å². The van der Waals surface area contributed by atoms with E-state index in [0.717, 1.165) is 25.0 Å². The van der Waals surface area contributed by atoms with E-state index in [0.29, 0.717) is 5.75 Å². The Morgan fingerprint density at radius 3 is 2.53 bits per heavy atom. The zero-order valence-electron chi connectivity index (χ0n) is 12.5. The molecule has 4 nitrogen and oxygen atoms in total. The number of aliphatic hydroxyl groups is 1. The highest BCUT2D eigenvalue weighted by Gasteiger charge is 2.42. The second-order valence-electron chi connectivity index (χ2n) is 5.96. The molecule has 1 unspecified atom stereocenters. The van der Waals surface area contributed by atoms with Gasteiger partial charge >= 0.3 is 0 Å². The molecule has 1 aliphatic rings. The predicted octanol–water partition coefficient (Wildman–Crippen LogP) is 3.48. The van der Waals surface area contributed by atoms with Gasteiger partial charge in [-0.2, -0.15) is 5.10 Å². The largest absolute Gasteiger partial charge is 0.493 e. The molecule has 1 atom stereocenters. The fraction of sp³-hybridized carbons (Fsp3) is 0.800. The topological polar surface area (TPSA) is 47.3 Å². The fourth-order valence-corrected chi connectivity index (χ4v) is 3.37. The van der Waals surface area contributed by atoms with Crippen LogP contribution >= 0.6 is 0 Å². The third kappa shape index (κ3) is 2.38. The van der Waals surface area contributed by atoms with Crippen molar-refractivity contribution in [3.63, 3.8) is 0 Å². The maximum absolute atomic E-state index is 11.0. The summed E-state index contributed by atoms with van der Waals surface area (Å²) in [6, 6.07) is 0.226. The molecule has 1 heterocycles. The summed E-state index contributed by atoms with van der Waals surface area (Å²) in [5.74, 6) is 0.709. The van der Waals surface area contributed by atoms with Crippen molar-refractivity contribution in [2.75, 3.05) is 7.11 Å². The molecule has 19 heavy (non-hydrogen) atoms. The Labute approximate surface area is 115 Å². The third-order valence-electron chi connectivity index (χ3n) is 4.65. The Morgan fingerprint density at radius 2 is 2.05 bits per heavy atom. The minimum atomic E-state index is -0.486. The van der Waals surface area contributed by atoms with Crippen LogP contribution in [0.4, 0.5) is 0 Å². The summed E-state index contributed by atoms with van der Waals surface area (Å²) >= 11 is 0. The van der Waals surface area contributed by atoms with Gasteiger partial charge in [-0.05, 0) is 33.1 Å². The standard InChI is InChI=1S/C15H26N2O2/c1-5-15(8-6-7-9-15)14(18)13-12(19-4)10-16-17(13)11(2)3/h10-11,14,18H,5-9H2,1-4H3. The smallest absolute Gasteiger partial charge is 0.162 e. The molecule has 0 aromatic carbocycles. The van der Waals surface area contributed by atoms with Crippen LogP contribution in [0.1, 0.15) is 70.7 Å². The van der Waals surface area contributed by atoms with Crippen molar-refractivity contribution < 1.29 is 9.84 Å². The lowest BCUT2D eigenvalue weighted by atomic mass is 9.76. The second kappa shape index (κ2) is 5.53. The maximum Gasteiger partial charge on any atom is 0.162 e. The molecule has 4 heteroatoms. The van der Waals surface area contributed by atoms with Crippen molar-refractivity contribution in [2.45, 2.75) is 65.0 Å². The third-order valence-corrected chi connectivity index (χ3v) is 4.65. The molecular formula is C15H26N2O2. The molecule has 2 rings (SSSR count). The normalized spacial score (nSPS) is 19.9. The van der Waals surface area contributed by atoms with Gasteiger partial charge < -0.3 is 9.84 Å². The highest BCUT2D eigenvalue weighted by molar-refractivity contribution is 5.29. The van der Waals surface area contributed by atoms with E-state index in [1.807, 2.05) is 4.68 Å². The minimum Gasteiger partial charge on any atom is -0.493 e. The lowest BCUT2D eigenvalue weighted by Gasteiger charge is -2.34. The van der Waals surface area contributed by atoms with Crippen molar-refractivity contribution in [2.24, 2.45) is 5.41 Å². The van der Waals surface area contributed by atoms with E-state index in [1.165, 1.54) is 12.8 Å². The fourth-order valence-electron chi connectivity index (χ4n) is 3.37. The monoisotopic (exact) mass is 266 g/mol. The number of rotatable bonds is 5. The molecule has 0 aliphatic heterocycles. The van der Waals surface area contributed by atoms with Crippen molar-refractivity contribution in [3.8, 4) is 5.75 Å². The molecule has 0 radical (unpaired) electrons. The van der Waals surface area contributed by atoms with Crippen molar-refractivity contribution in [3.05, 3.63) is 11.9 Å². The SMILES string of the molecule is CCC1(C(O)c2c(OC)cnn2C(C)C)CCCC1. The van der Waals surface area contributed by atoms with Gasteiger partial charge in [-0.15, -0.1) is 0 Å². The average Bonchev–Trinajstić information content (AvgIpc) is 3.04. The summed E-state index contributed by atoms with van der Waals surface area (Å²) in [4.78, 5) is 0. The van der Waals surface area contributed by atoms with Gasteiger partial charge in [-0.25, -0.2) is 0 Å². The first-order valence-electron chi connectivity index (χ1n) is 7.35. The van der Waals surface area contributed by atoms with Crippen LogP contribution < -0.4 is 4.74 Å². The number of aliphatic hydroxyl groups excluding tert-OH is 1. The van der Waals surface area contributed by atoms with Gasteiger partial charge in [0.15, 0.2) is 5.75 Å². The minimum absolute atomic E-state index is 0.0000463. The first-order valence-corrected chi connectivity index (χ1v) is 7.35. The zero-order valence-corrected chi connectivity index (χ0v) is 12.5. The summed E-state index contributed by atoms with van der Waals surface area (Å²) in [6.45, 7) is 6.34. The molecule has 1 saturated carbocycles. The van der Waals surface area contributed by atoms with Crippen LogP contribution in [0.2, 0.25) is 0 Å². The Balaban J connectivity index is 2.41. The van der Waals surface area contributed by atoms with Crippen LogP contribution in [0.5, 0.6) is 5.75 Å². The van der Waals surface area contributed by atoms with Crippen LogP contribution in [0.15, 0.2) is 6.20 Å². The van der Waals surface area contributed by atoms with Gasteiger partial charge in [0.1, 0.15) is 11.8 Å². The molecule has 108 valence electrons. The van der Waals surface area contributed by atoms with E-state index in [1.54, 1.807) is 13.3 Å². The first-order chi connectivity index (χ1) is 9.05. The van der Waals surface area contributed by atoms with Gasteiger partial charge in [-0.3, -0.25) is 4.68 Å². The Hall–Kier alpha value is -1.03. The van der Waals surface area contributed by atoms with E-state index in [4.69, 9.17) is 4.74 Å². The summed E-state index contributed by atoms with van der Waals surface area (Å²) in [6.07, 6.45) is 6.84. The van der Waals surface area contributed by atoms with Crippen molar-refractivity contribution in [1.29, 1.82) is 0 Å². The Morgan fingerprint density at radius 1 is 1.42 bits per heavy atom. The highest BCUT2D eigenvalue weighted by Crippen LogP contribution is 2.51. The lowest BCUT2D eigenvalue weighted by Crippen LogP contribution is -2.28. The first kappa shape index (κ1) is 14.4. The zero-order chi connectivity index (χ0) is 14.0. The molecule has 1 aromatic heterocycles. The maximum atomic E-state index is 11.0.